The summed E-state index contributed by atoms with van der Waals surface area (Å²) in [5, 5.41) is 21.6. The molecular weight excluding hydrogens is 472 g/mol. The molecule has 3 rings (SSSR count). The van der Waals surface area contributed by atoms with Crippen LogP contribution in [0.25, 0.3) is 5.76 Å². The minimum atomic E-state index is -0.833. The third kappa shape index (κ3) is 6.43. The molecule has 200 valence electrons. The number of ether oxygens (including phenoxy) is 2. The Bertz CT molecular complexity index is 1130. The number of Topliss-reactive ketones (excluding diaryl/α,β-unsaturated/α-hetero) is 1. The predicted octanol–water partition coefficient (Wildman–Crippen LogP) is 4.73. The smallest absolute Gasteiger partial charge is 0.295 e. The number of likely N-dealkylation sites (tertiary alicyclic amines) is 1. The number of likely N-dealkylation sites (N-methyl/N-ethyl adjacent to an activating group) is 1. The maximum absolute atomic E-state index is 13.3. The van der Waals surface area contributed by atoms with Crippen LogP contribution in [-0.4, -0.2) is 71.1 Å². The number of carbonyl (C=O) groups excluding carboxylic acids is 2. The number of phenolic OH excluding ortho intramolecular Hbond substituents is 1. The van der Waals surface area contributed by atoms with Gasteiger partial charge in [-0.3, -0.25) is 9.59 Å². The van der Waals surface area contributed by atoms with Crippen LogP contribution in [-0.2, 0) is 9.59 Å². The molecule has 2 aromatic rings. The first-order valence-electron chi connectivity index (χ1n) is 13.1. The van der Waals surface area contributed by atoms with E-state index in [0.29, 0.717) is 43.2 Å². The number of amides is 1. The summed E-state index contributed by atoms with van der Waals surface area (Å²) in [5.74, 6) is -0.887. The second-order valence-electron chi connectivity index (χ2n) is 8.91. The fourth-order valence-electron chi connectivity index (χ4n) is 4.44. The summed E-state index contributed by atoms with van der Waals surface area (Å²) in [4.78, 5) is 30.2. The Labute approximate surface area is 219 Å². The lowest BCUT2D eigenvalue weighted by Gasteiger charge is -2.28. The number of aliphatic hydroxyl groups is 1. The summed E-state index contributed by atoms with van der Waals surface area (Å²) >= 11 is 0. The van der Waals surface area contributed by atoms with Gasteiger partial charge in [0.15, 0.2) is 11.5 Å². The summed E-state index contributed by atoms with van der Waals surface area (Å²) in [6.07, 6.45) is 1.89. The third-order valence-corrected chi connectivity index (χ3v) is 6.57. The van der Waals surface area contributed by atoms with Gasteiger partial charge < -0.3 is 29.5 Å². The van der Waals surface area contributed by atoms with Crippen molar-refractivity contribution in [3.63, 3.8) is 0 Å². The van der Waals surface area contributed by atoms with E-state index in [-0.39, 0.29) is 22.8 Å². The Hall–Kier alpha value is -3.52. The Kier molecular flexibility index (Phi) is 9.97. The molecule has 0 aromatic heterocycles. The van der Waals surface area contributed by atoms with E-state index in [1.165, 1.54) is 11.0 Å². The standard InChI is InChI=1S/C29H38N2O6/c1-5-9-17-37-22-12-10-11-21(18-22)27(33)25-26(20-13-14-23(32)24(19-20)36-8-4)31(29(35)28(25)34)16-15-30(6-2)7-3/h10-14,18-19,26,32-33H,5-9,15-17H2,1-4H3. The van der Waals surface area contributed by atoms with Gasteiger partial charge in [0.1, 0.15) is 11.5 Å². The monoisotopic (exact) mass is 510 g/mol. The Morgan fingerprint density at radius 2 is 1.78 bits per heavy atom. The van der Waals surface area contributed by atoms with Crippen LogP contribution < -0.4 is 9.47 Å². The SMILES string of the molecule is CCCCOc1cccc(C(O)=C2C(=O)C(=O)N(CCN(CC)CC)C2c2ccc(O)c(OCC)c2)c1. The molecule has 0 saturated carbocycles. The number of carbonyl (C=O) groups is 2. The number of aromatic hydroxyl groups is 1. The van der Waals surface area contributed by atoms with Crippen molar-refractivity contribution in [2.75, 3.05) is 39.4 Å². The Morgan fingerprint density at radius 3 is 2.46 bits per heavy atom. The number of hydrogen-bond acceptors (Lipinski definition) is 7. The number of hydrogen-bond donors (Lipinski definition) is 2. The van der Waals surface area contributed by atoms with Crippen LogP contribution in [0, 0.1) is 0 Å². The molecular formula is C29H38N2O6. The lowest BCUT2D eigenvalue weighted by molar-refractivity contribution is -0.140. The minimum absolute atomic E-state index is 0.00314. The summed E-state index contributed by atoms with van der Waals surface area (Å²) in [5.41, 5.74) is 0.963. The maximum atomic E-state index is 13.3. The zero-order valence-corrected chi connectivity index (χ0v) is 22.2. The van der Waals surface area contributed by atoms with Gasteiger partial charge >= 0.3 is 0 Å². The molecule has 0 spiro atoms. The van der Waals surface area contributed by atoms with Crippen LogP contribution in [0.5, 0.6) is 17.2 Å². The van der Waals surface area contributed by atoms with Crippen molar-refractivity contribution >= 4 is 17.4 Å². The lowest BCUT2D eigenvalue weighted by Crippen LogP contribution is -2.38. The van der Waals surface area contributed by atoms with E-state index < -0.39 is 17.7 Å². The summed E-state index contributed by atoms with van der Waals surface area (Å²) < 4.78 is 11.3. The number of rotatable bonds is 13. The number of ketones is 1. The number of phenols is 1. The molecule has 2 N–H and O–H groups in total. The highest BCUT2D eigenvalue weighted by molar-refractivity contribution is 6.46. The first-order chi connectivity index (χ1) is 17.9. The van der Waals surface area contributed by atoms with Gasteiger partial charge in [0.2, 0.25) is 0 Å². The van der Waals surface area contributed by atoms with Gasteiger partial charge in [-0.15, -0.1) is 0 Å². The van der Waals surface area contributed by atoms with Crippen molar-refractivity contribution in [2.45, 2.75) is 46.6 Å². The fraction of sp³-hybridized carbons (Fsp3) is 0.448. The van der Waals surface area contributed by atoms with Crippen LogP contribution in [0.4, 0.5) is 0 Å². The van der Waals surface area contributed by atoms with Crippen molar-refractivity contribution < 1.29 is 29.3 Å². The van der Waals surface area contributed by atoms with Crippen molar-refractivity contribution in [2.24, 2.45) is 0 Å². The zero-order valence-electron chi connectivity index (χ0n) is 22.2. The van der Waals surface area contributed by atoms with Crippen molar-refractivity contribution in [3.8, 4) is 17.2 Å². The largest absolute Gasteiger partial charge is 0.507 e. The van der Waals surface area contributed by atoms with E-state index in [1.807, 2.05) is 13.8 Å². The first kappa shape index (κ1) is 28.1. The fourth-order valence-corrected chi connectivity index (χ4v) is 4.44. The molecule has 0 radical (unpaired) electrons. The second kappa shape index (κ2) is 13.1. The number of aliphatic hydroxyl groups excluding tert-OH is 1. The molecule has 1 heterocycles. The van der Waals surface area contributed by atoms with E-state index in [1.54, 1.807) is 43.3 Å². The summed E-state index contributed by atoms with van der Waals surface area (Å²) in [7, 11) is 0. The van der Waals surface area contributed by atoms with E-state index in [2.05, 4.69) is 11.8 Å². The number of nitrogens with zero attached hydrogens (tertiary/aromatic N) is 2. The van der Waals surface area contributed by atoms with Gasteiger partial charge in [0.05, 0.1) is 24.8 Å². The average Bonchev–Trinajstić information content (AvgIpc) is 3.15. The molecule has 1 amide bonds. The van der Waals surface area contributed by atoms with Gasteiger partial charge in [-0.2, -0.15) is 0 Å². The molecule has 2 aromatic carbocycles. The van der Waals surface area contributed by atoms with Crippen LogP contribution in [0.1, 0.15) is 57.7 Å². The van der Waals surface area contributed by atoms with E-state index >= 15 is 0 Å². The third-order valence-electron chi connectivity index (χ3n) is 6.57. The van der Waals surface area contributed by atoms with Crippen molar-refractivity contribution in [3.05, 3.63) is 59.2 Å². The highest BCUT2D eigenvalue weighted by Crippen LogP contribution is 2.42. The van der Waals surface area contributed by atoms with Crippen LogP contribution >= 0.6 is 0 Å². The van der Waals surface area contributed by atoms with Crippen LogP contribution in [0.2, 0.25) is 0 Å². The molecule has 8 nitrogen and oxygen atoms in total. The molecule has 37 heavy (non-hydrogen) atoms. The zero-order chi connectivity index (χ0) is 26.9. The van der Waals surface area contributed by atoms with Crippen molar-refractivity contribution in [1.82, 2.24) is 9.80 Å². The van der Waals surface area contributed by atoms with E-state index in [4.69, 9.17) is 9.47 Å². The predicted molar refractivity (Wildman–Crippen MR) is 143 cm³/mol. The molecule has 1 aliphatic heterocycles. The second-order valence-corrected chi connectivity index (χ2v) is 8.91. The molecule has 1 atom stereocenters. The molecule has 1 aliphatic rings. The molecule has 1 unspecified atom stereocenters. The summed E-state index contributed by atoms with van der Waals surface area (Å²) in [6.45, 7) is 11.3. The Balaban J connectivity index is 2.09. The maximum Gasteiger partial charge on any atom is 0.295 e. The molecule has 0 aliphatic carbocycles. The van der Waals surface area contributed by atoms with E-state index in [0.717, 1.165) is 25.9 Å². The minimum Gasteiger partial charge on any atom is -0.507 e. The molecule has 0 bridgehead atoms. The number of unbranched alkanes of at least 4 members (excludes halogenated alkanes) is 1. The average molecular weight is 511 g/mol. The van der Waals surface area contributed by atoms with Crippen LogP contribution in [0.3, 0.4) is 0 Å². The van der Waals surface area contributed by atoms with Crippen molar-refractivity contribution in [1.29, 1.82) is 0 Å². The summed E-state index contributed by atoms with van der Waals surface area (Å²) in [6, 6.07) is 10.8. The highest BCUT2D eigenvalue weighted by atomic mass is 16.5. The first-order valence-corrected chi connectivity index (χ1v) is 13.1. The molecule has 8 heteroatoms. The van der Waals surface area contributed by atoms with Gasteiger partial charge in [-0.1, -0.05) is 45.4 Å². The van der Waals surface area contributed by atoms with Gasteiger partial charge in [0, 0.05) is 18.7 Å². The lowest BCUT2D eigenvalue weighted by atomic mass is 9.95. The van der Waals surface area contributed by atoms with Gasteiger partial charge in [-0.25, -0.2) is 0 Å². The molecule has 1 fully saturated rings. The molecule has 1 saturated heterocycles. The van der Waals surface area contributed by atoms with Crippen LogP contribution in [0.15, 0.2) is 48.0 Å². The highest BCUT2D eigenvalue weighted by Gasteiger charge is 2.46. The quantitative estimate of drug-likeness (QED) is 0.174. The van der Waals surface area contributed by atoms with Gasteiger partial charge in [-0.05, 0) is 56.3 Å². The van der Waals surface area contributed by atoms with Gasteiger partial charge in [0.25, 0.3) is 11.7 Å². The van der Waals surface area contributed by atoms with E-state index in [9.17, 15) is 19.8 Å². The topological polar surface area (TPSA) is 99.5 Å². The Morgan fingerprint density at radius 1 is 1.03 bits per heavy atom. The number of benzene rings is 2. The normalized spacial score (nSPS) is 17.0.